The predicted molar refractivity (Wildman–Crippen MR) is 53.9 cm³/mol. The molecule has 0 amide bonds. The molecule has 0 saturated heterocycles. The van der Waals surface area contributed by atoms with Crippen molar-refractivity contribution in [3.05, 3.63) is 53.3 Å². The Hall–Kier alpha value is -1.83. The summed E-state index contributed by atoms with van der Waals surface area (Å²) in [6, 6.07) is 9.68. The highest BCUT2D eigenvalue weighted by molar-refractivity contribution is 6.13. The van der Waals surface area contributed by atoms with Crippen molar-refractivity contribution in [2.75, 3.05) is 0 Å². The molecule has 2 aromatic rings. The molecule has 0 spiro atoms. The van der Waals surface area contributed by atoms with Crippen molar-refractivity contribution in [3.8, 4) is 5.69 Å². The third kappa shape index (κ3) is 0.777. The number of aryl methyl sites for hydroxylation is 1. The number of carbonyl (C=O) groups is 1. The quantitative estimate of drug-likeness (QED) is 0.524. The zero-order valence-corrected chi connectivity index (χ0v) is 7.82. The highest BCUT2D eigenvalue weighted by Gasteiger charge is 2.25. The maximum atomic E-state index is 11.8. The lowest BCUT2D eigenvalue weighted by Gasteiger charge is -2.01. The first kappa shape index (κ1) is 7.56. The highest BCUT2D eigenvalue weighted by Crippen LogP contribution is 2.28. The fourth-order valence-corrected chi connectivity index (χ4v) is 1.95. The van der Waals surface area contributed by atoms with E-state index in [1.165, 1.54) is 5.56 Å². The standard InChI is InChI=1S/C12H9NO/c1-8-4-5-9-11(7-8)13-6-2-3-10(13)12(9)14/h2-7H,1H3. The van der Waals surface area contributed by atoms with Crippen molar-refractivity contribution in [1.82, 2.24) is 4.57 Å². The lowest BCUT2D eigenvalue weighted by Crippen LogP contribution is -1.94. The number of fused-ring (bicyclic) bond motifs is 3. The predicted octanol–water partition coefficient (Wildman–Crippen LogP) is 2.33. The summed E-state index contributed by atoms with van der Waals surface area (Å²) in [7, 11) is 0. The minimum absolute atomic E-state index is 0.130. The van der Waals surface area contributed by atoms with E-state index in [4.69, 9.17) is 0 Å². The average Bonchev–Trinajstić information content (AvgIpc) is 2.71. The van der Waals surface area contributed by atoms with Crippen LogP contribution in [0.25, 0.3) is 5.69 Å². The first-order valence-corrected chi connectivity index (χ1v) is 4.60. The van der Waals surface area contributed by atoms with Crippen LogP contribution in [0.5, 0.6) is 0 Å². The summed E-state index contributed by atoms with van der Waals surface area (Å²) in [6.45, 7) is 2.03. The Kier molecular flexibility index (Phi) is 1.27. The summed E-state index contributed by atoms with van der Waals surface area (Å²) in [5.41, 5.74) is 3.77. The molecule has 1 aliphatic rings. The van der Waals surface area contributed by atoms with Crippen LogP contribution in [0.4, 0.5) is 0 Å². The number of ketones is 1. The van der Waals surface area contributed by atoms with E-state index >= 15 is 0 Å². The summed E-state index contributed by atoms with van der Waals surface area (Å²) < 4.78 is 1.95. The van der Waals surface area contributed by atoms with Gasteiger partial charge in [-0.25, -0.2) is 0 Å². The summed E-state index contributed by atoms with van der Waals surface area (Å²) in [5, 5.41) is 0. The molecule has 2 heteroatoms. The van der Waals surface area contributed by atoms with Crippen LogP contribution in [0.2, 0.25) is 0 Å². The van der Waals surface area contributed by atoms with Gasteiger partial charge >= 0.3 is 0 Å². The van der Waals surface area contributed by atoms with E-state index in [-0.39, 0.29) is 5.78 Å². The van der Waals surface area contributed by atoms with Crippen molar-refractivity contribution < 1.29 is 4.79 Å². The third-order valence-electron chi connectivity index (χ3n) is 2.64. The Bertz CT molecular complexity index is 537. The second-order valence-electron chi connectivity index (χ2n) is 3.61. The number of nitrogens with zero attached hydrogens (tertiary/aromatic N) is 1. The van der Waals surface area contributed by atoms with Crippen LogP contribution in [-0.2, 0) is 0 Å². The summed E-state index contributed by atoms with van der Waals surface area (Å²) in [6.07, 6.45) is 1.93. The van der Waals surface area contributed by atoms with E-state index in [2.05, 4.69) is 0 Å². The first-order valence-electron chi connectivity index (χ1n) is 4.60. The Labute approximate surface area is 81.8 Å². The highest BCUT2D eigenvalue weighted by atomic mass is 16.1. The Balaban J connectivity index is 2.40. The maximum absolute atomic E-state index is 11.8. The topological polar surface area (TPSA) is 22.0 Å². The molecule has 0 unspecified atom stereocenters. The Morgan fingerprint density at radius 1 is 1.21 bits per heavy atom. The molecule has 0 radical (unpaired) electrons. The molecule has 0 N–H and O–H groups in total. The molecule has 1 aliphatic heterocycles. The fraction of sp³-hybridized carbons (Fsp3) is 0.0833. The van der Waals surface area contributed by atoms with E-state index in [1.807, 2.05) is 48.0 Å². The van der Waals surface area contributed by atoms with Crippen LogP contribution in [0, 0.1) is 6.92 Å². The van der Waals surface area contributed by atoms with E-state index in [9.17, 15) is 4.79 Å². The zero-order chi connectivity index (χ0) is 9.71. The Morgan fingerprint density at radius 2 is 2.07 bits per heavy atom. The normalized spacial score (nSPS) is 12.8. The molecule has 14 heavy (non-hydrogen) atoms. The van der Waals surface area contributed by atoms with Gasteiger partial charge in [0.05, 0.1) is 11.4 Å². The molecule has 1 aromatic heterocycles. The molecular weight excluding hydrogens is 174 g/mol. The molecule has 0 fully saturated rings. The monoisotopic (exact) mass is 183 g/mol. The second-order valence-corrected chi connectivity index (χ2v) is 3.61. The minimum atomic E-state index is 0.130. The molecule has 2 heterocycles. The van der Waals surface area contributed by atoms with Crippen molar-refractivity contribution in [2.24, 2.45) is 0 Å². The van der Waals surface area contributed by atoms with Gasteiger partial charge in [-0.2, -0.15) is 0 Å². The van der Waals surface area contributed by atoms with Gasteiger partial charge in [0.15, 0.2) is 0 Å². The second kappa shape index (κ2) is 2.35. The molecule has 0 aliphatic carbocycles. The lowest BCUT2D eigenvalue weighted by molar-refractivity contribution is 0.104. The van der Waals surface area contributed by atoms with Crippen molar-refractivity contribution in [1.29, 1.82) is 0 Å². The van der Waals surface area contributed by atoms with E-state index in [0.29, 0.717) is 0 Å². The average molecular weight is 183 g/mol. The van der Waals surface area contributed by atoms with Gasteiger partial charge < -0.3 is 4.57 Å². The van der Waals surface area contributed by atoms with Crippen LogP contribution < -0.4 is 0 Å². The van der Waals surface area contributed by atoms with Crippen LogP contribution in [0.1, 0.15) is 21.6 Å². The third-order valence-corrected chi connectivity index (χ3v) is 2.64. The van der Waals surface area contributed by atoms with Gasteiger partial charge in [-0.1, -0.05) is 6.07 Å². The number of rotatable bonds is 0. The molecular formula is C12H9NO. The van der Waals surface area contributed by atoms with Crippen molar-refractivity contribution >= 4 is 5.78 Å². The van der Waals surface area contributed by atoms with E-state index in [1.54, 1.807) is 0 Å². The number of carbonyl (C=O) groups excluding carboxylic acids is 1. The van der Waals surface area contributed by atoms with E-state index < -0.39 is 0 Å². The van der Waals surface area contributed by atoms with Crippen LogP contribution in [0.3, 0.4) is 0 Å². The summed E-state index contributed by atoms with van der Waals surface area (Å²) in [4.78, 5) is 11.8. The minimum Gasteiger partial charge on any atom is -0.313 e. The van der Waals surface area contributed by atoms with Gasteiger partial charge in [-0.15, -0.1) is 0 Å². The molecule has 0 atom stereocenters. The lowest BCUT2D eigenvalue weighted by atomic mass is 10.1. The number of hydrogen-bond acceptors (Lipinski definition) is 1. The van der Waals surface area contributed by atoms with Gasteiger partial charge in [0, 0.05) is 11.8 Å². The van der Waals surface area contributed by atoms with Crippen molar-refractivity contribution in [3.63, 3.8) is 0 Å². The molecule has 0 bridgehead atoms. The van der Waals surface area contributed by atoms with Crippen LogP contribution >= 0.6 is 0 Å². The summed E-state index contributed by atoms with van der Waals surface area (Å²) >= 11 is 0. The van der Waals surface area contributed by atoms with Gasteiger partial charge in [0.25, 0.3) is 0 Å². The molecule has 1 aromatic carbocycles. The number of benzene rings is 1. The largest absolute Gasteiger partial charge is 0.313 e. The number of aromatic nitrogens is 1. The van der Waals surface area contributed by atoms with Gasteiger partial charge in [-0.05, 0) is 36.8 Å². The van der Waals surface area contributed by atoms with Crippen LogP contribution in [0.15, 0.2) is 36.5 Å². The SMILES string of the molecule is Cc1ccc2c(c1)-n1cccc1C2=O. The number of hydrogen-bond donors (Lipinski definition) is 0. The maximum Gasteiger partial charge on any atom is 0.211 e. The zero-order valence-electron chi connectivity index (χ0n) is 7.82. The van der Waals surface area contributed by atoms with Crippen LogP contribution in [-0.4, -0.2) is 10.4 Å². The van der Waals surface area contributed by atoms with Gasteiger partial charge in [0.1, 0.15) is 0 Å². The fourth-order valence-electron chi connectivity index (χ4n) is 1.95. The smallest absolute Gasteiger partial charge is 0.211 e. The van der Waals surface area contributed by atoms with Gasteiger partial charge in [0.2, 0.25) is 5.78 Å². The summed E-state index contributed by atoms with van der Waals surface area (Å²) in [5.74, 6) is 0.130. The molecule has 3 rings (SSSR count). The molecule has 0 saturated carbocycles. The Morgan fingerprint density at radius 3 is 2.93 bits per heavy atom. The molecule has 68 valence electrons. The first-order chi connectivity index (χ1) is 6.77. The molecule has 2 nitrogen and oxygen atoms in total. The van der Waals surface area contributed by atoms with Crippen molar-refractivity contribution in [2.45, 2.75) is 6.92 Å². The van der Waals surface area contributed by atoms with Gasteiger partial charge in [-0.3, -0.25) is 4.79 Å². The van der Waals surface area contributed by atoms with E-state index in [0.717, 1.165) is 16.9 Å².